The molecule has 2 atom stereocenters. The van der Waals surface area contributed by atoms with Gasteiger partial charge < -0.3 is 0 Å². The van der Waals surface area contributed by atoms with Crippen LogP contribution < -0.4 is 0 Å². The van der Waals surface area contributed by atoms with E-state index in [1.54, 1.807) is 0 Å². The molecule has 1 fully saturated rings. The van der Waals surface area contributed by atoms with Crippen LogP contribution in [0.2, 0.25) is 5.82 Å². The van der Waals surface area contributed by atoms with Crippen LogP contribution in [-0.4, -0.2) is 7.85 Å². The molecule has 0 radical (unpaired) electrons. The van der Waals surface area contributed by atoms with Crippen molar-refractivity contribution >= 4 is 7.85 Å². The molecular formula is C9H19B. The van der Waals surface area contributed by atoms with Gasteiger partial charge in [-0.25, -0.2) is 0 Å². The Morgan fingerprint density at radius 1 is 1.00 bits per heavy atom. The Balaban J connectivity index is 2.28. The minimum atomic E-state index is 0.986. The van der Waals surface area contributed by atoms with E-state index < -0.39 is 0 Å². The molecule has 0 aromatic rings. The summed E-state index contributed by atoms with van der Waals surface area (Å²) in [6, 6.07) is 0. The van der Waals surface area contributed by atoms with Crippen LogP contribution in [0.3, 0.4) is 0 Å². The maximum atomic E-state index is 2.41. The smallest absolute Gasteiger partial charge is 0.0672 e. The standard InChI is InChI=1S/C9H19B/c1-8-6-4-2-3-5-7-9(8)10/h8-9H,2-7,10H2,1H3. The average Bonchev–Trinajstić information content (AvgIpc) is 1.92. The molecule has 1 aliphatic carbocycles. The van der Waals surface area contributed by atoms with Gasteiger partial charge in [0.05, 0.1) is 0 Å². The lowest BCUT2D eigenvalue weighted by Gasteiger charge is -2.22. The van der Waals surface area contributed by atoms with Gasteiger partial charge >= 0.3 is 0 Å². The lowest BCUT2D eigenvalue weighted by atomic mass is 9.71. The Morgan fingerprint density at radius 3 is 2.30 bits per heavy atom. The summed E-state index contributed by atoms with van der Waals surface area (Å²) in [4.78, 5) is 0. The van der Waals surface area contributed by atoms with Crippen LogP contribution >= 0.6 is 0 Å². The SMILES string of the molecule is BC1CCCCCCC1C. The summed E-state index contributed by atoms with van der Waals surface area (Å²) in [6.07, 6.45) is 8.87. The van der Waals surface area contributed by atoms with Crippen molar-refractivity contribution in [2.75, 3.05) is 0 Å². The van der Waals surface area contributed by atoms with E-state index in [1.807, 2.05) is 0 Å². The number of hydrogen-bond acceptors (Lipinski definition) is 0. The van der Waals surface area contributed by atoms with Gasteiger partial charge in [-0.2, -0.15) is 0 Å². The van der Waals surface area contributed by atoms with Crippen LogP contribution in [0.1, 0.15) is 45.4 Å². The fraction of sp³-hybridized carbons (Fsp3) is 1.00. The maximum absolute atomic E-state index is 2.41. The number of hydrogen-bond donors (Lipinski definition) is 0. The molecule has 1 heteroatoms. The van der Waals surface area contributed by atoms with Crippen molar-refractivity contribution in [2.45, 2.75) is 51.3 Å². The van der Waals surface area contributed by atoms with Gasteiger partial charge in [0.2, 0.25) is 0 Å². The van der Waals surface area contributed by atoms with Gasteiger partial charge in [0.15, 0.2) is 0 Å². The van der Waals surface area contributed by atoms with E-state index in [4.69, 9.17) is 0 Å². The van der Waals surface area contributed by atoms with E-state index in [9.17, 15) is 0 Å². The zero-order valence-corrected chi connectivity index (χ0v) is 7.40. The second kappa shape index (κ2) is 4.05. The Labute approximate surface area is 65.8 Å². The Bertz CT molecular complexity index is 78.7. The highest BCUT2D eigenvalue weighted by molar-refractivity contribution is 6.11. The first kappa shape index (κ1) is 8.16. The van der Waals surface area contributed by atoms with Gasteiger partial charge in [0, 0.05) is 0 Å². The predicted molar refractivity (Wildman–Crippen MR) is 49.2 cm³/mol. The molecule has 0 aliphatic heterocycles. The first-order valence-corrected chi connectivity index (χ1v) is 4.80. The third kappa shape index (κ3) is 2.36. The van der Waals surface area contributed by atoms with Crippen LogP contribution in [0.25, 0.3) is 0 Å². The molecule has 1 rings (SSSR count). The second-order valence-electron chi connectivity index (χ2n) is 3.95. The summed E-state index contributed by atoms with van der Waals surface area (Å²) in [5.41, 5.74) is 0. The van der Waals surface area contributed by atoms with Crippen LogP contribution in [0.5, 0.6) is 0 Å². The molecule has 0 amide bonds. The van der Waals surface area contributed by atoms with Gasteiger partial charge in [-0.15, -0.1) is 0 Å². The van der Waals surface area contributed by atoms with Crippen LogP contribution in [0, 0.1) is 5.92 Å². The molecular weight excluding hydrogens is 119 g/mol. The summed E-state index contributed by atoms with van der Waals surface area (Å²) in [7, 11) is 2.41. The third-order valence-electron chi connectivity index (χ3n) is 3.04. The Morgan fingerprint density at radius 2 is 1.60 bits per heavy atom. The second-order valence-corrected chi connectivity index (χ2v) is 3.95. The monoisotopic (exact) mass is 138 g/mol. The van der Waals surface area contributed by atoms with Crippen LogP contribution in [0.15, 0.2) is 0 Å². The maximum Gasteiger partial charge on any atom is 0.105 e. The minimum absolute atomic E-state index is 0.986. The van der Waals surface area contributed by atoms with Crippen molar-refractivity contribution in [2.24, 2.45) is 5.92 Å². The van der Waals surface area contributed by atoms with Crippen molar-refractivity contribution in [3.05, 3.63) is 0 Å². The Hall–Kier alpha value is 0.0649. The lowest BCUT2D eigenvalue weighted by molar-refractivity contribution is 0.404. The molecule has 58 valence electrons. The zero-order chi connectivity index (χ0) is 7.40. The zero-order valence-electron chi connectivity index (χ0n) is 7.40. The molecule has 0 aromatic carbocycles. The number of rotatable bonds is 0. The summed E-state index contributed by atoms with van der Waals surface area (Å²) in [6.45, 7) is 2.41. The van der Waals surface area contributed by atoms with E-state index in [-0.39, 0.29) is 0 Å². The van der Waals surface area contributed by atoms with E-state index in [0.717, 1.165) is 11.7 Å². The first-order chi connectivity index (χ1) is 4.80. The van der Waals surface area contributed by atoms with E-state index >= 15 is 0 Å². The molecule has 2 unspecified atom stereocenters. The summed E-state index contributed by atoms with van der Waals surface area (Å²) in [5, 5.41) is 0. The van der Waals surface area contributed by atoms with Crippen molar-refractivity contribution in [1.29, 1.82) is 0 Å². The molecule has 0 heterocycles. The normalized spacial score (nSPS) is 36.5. The van der Waals surface area contributed by atoms with Gasteiger partial charge in [-0.3, -0.25) is 0 Å². The van der Waals surface area contributed by atoms with Crippen molar-refractivity contribution < 1.29 is 0 Å². The first-order valence-electron chi connectivity index (χ1n) is 4.80. The minimum Gasteiger partial charge on any atom is -0.0672 e. The molecule has 1 aliphatic rings. The molecule has 0 aromatic heterocycles. The van der Waals surface area contributed by atoms with Gasteiger partial charge in [-0.1, -0.05) is 51.3 Å². The van der Waals surface area contributed by atoms with E-state index in [2.05, 4.69) is 14.8 Å². The molecule has 0 saturated heterocycles. The molecule has 0 nitrogen and oxygen atoms in total. The van der Waals surface area contributed by atoms with E-state index in [0.29, 0.717) is 0 Å². The highest BCUT2D eigenvalue weighted by atomic mass is 14.2. The summed E-state index contributed by atoms with van der Waals surface area (Å²) in [5.74, 6) is 1.97. The average molecular weight is 138 g/mol. The Kier molecular flexibility index (Phi) is 3.31. The van der Waals surface area contributed by atoms with Crippen LogP contribution in [0.4, 0.5) is 0 Å². The van der Waals surface area contributed by atoms with Crippen molar-refractivity contribution in [3.63, 3.8) is 0 Å². The fourth-order valence-electron chi connectivity index (χ4n) is 1.86. The molecule has 1 saturated carbocycles. The third-order valence-corrected chi connectivity index (χ3v) is 3.04. The topological polar surface area (TPSA) is 0 Å². The molecule has 10 heavy (non-hydrogen) atoms. The largest absolute Gasteiger partial charge is 0.105 e. The van der Waals surface area contributed by atoms with Gasteiger partial charge in [0.1, 0.15) is 7.85 Å². The van der Waals surface area contributed by atoms with Gasteiger partial charge in [0.25, 0.3) is 0 Å². The van der Waals surface area contributed by atoms with Gasteiger partial charge in [-0.05, 0) is 5.92 Å². The fourth-order valence-corrected chi connectivity index (χ4v) is 1.86. The van der Waals surface area contributed by atoms with Crippen molar-refractivity contribution in [3.8, 4) is 0 Å². The predicted octanol–water partition coefficient (Wildman–Crippen LogP) is 2.40. The highest BCUT2D eigenvalue weighted by Gasteiger charge is 2.13. The molecule has 0 spiro atoms. The van der Waals surface area contributed by atoms with Crippen LogP contribution in [-0.2, 0) is 0 Å². The molecule has 0 N–H and O–H groups in total. The lowest BCUT2D eigenvalue weighted by Crippen LogP contribution is -2.08. The quantitative estimate of drug-likeness (QED) is 0.451. The highest BCUT2D eigenvalue weighted by Crippen LogP contribution is 2.29. The van der Waals surface area contributed by atoms with Crippen molar-refractivity contribution in [1.82, 2.24) is 0 Å². The molecule has 0 bridgehead atoms. The van der Waals surface area contributed by atoms with E-state index in [1.165, 1.54) is 38.5 Å². The summed E-state index contributed by atoms with van der Waals surface area (Å²) >= 11 is 0. The summed E-state index contributed by atoms with van der Waals surface area (Å²) < 4.78 is 0.